The first-order chi connectivity index (χ1) is 14.3. The van der Waals surface area contributed by atoms with Gasteiger partial charge in [0.15, 0.2) is 5.82 Å². The van der Waals surface area contributed by atoms with Gasteiger partial charge < -0.3 is 9.55 Å². The Morgan fingerprint density at radius 2 is 1.86 bits per heavy atom. The van der Waals surface area contributed by atoms with Crippen molar-refractivity contribution >= 4 is 0 Å². The maximum atomic E-state index is 12.7. The van der Waals surface area contributed by atoms with Gasteiger partial charge in [-0.3, -0.25) is 14.7 Å². The van der Waals surface area contributed by atoms with Crippen molar-refractivity contribution in [2.24, 2.45) is 0 Å². The van der Waals surface area contributed by atoms with Crippen LogP contribution in [0.15, 0.2) is 71.9 Å². The van der Waals surface area contributed by atoms with Gasteiger partial charge in [-0.1, -0.05) is 12.1 Å². The summed E-state index contributed by atoms with van der Waals surface area (Å²) in [5, 5.41) is 0. The highest BCUT2D eigenvalue weighted by molar-refractivity contribution is 5.49. The summed E-state index contributed by atoms with van der Waals surface area (Å²) in [5.41, 5.74) is 3.35. The Balaban J connectivity index is 1.39. The lowest BCUT2D eigenvalue weighted by atomic mass is 10.1. The molecule has 0 unspecified atom stereocenters. The number of nitrogens with zero attached hydrogens (tertiary/aromatic N) is 5. The van der Waals surface area contributed by atoms with Crippen LogP contribution in [0.1, 0.15) is 17.0 Å². The van der Waals surface area contributed by atoms with Crippen molar-refractivity contribution in [2.75, 3.05) is 6.54 Å². The zero-order valence-electron chi connectivity index (χ0n) is 15.8. The van der Waals surface area contributed by atoms with Crippen molar-refractivity contribution in [1.82, 2.24) is 29.4 Å². The highest BCUT2D eigenvalue weighted by atomic mass is 16.1. The van der Waals surface area contributed by atoms with Crippen LogP contribution >= 0.6 is 0 Å². The molecule has 0 radical (unpaired) electrons. The third kappa shape index (κ3) is 3.48. The molecule has 4 aromatic rings. The minimum Gasteiger partial charge on any atom is -0.305 e. The van der Waals surface area contributed by atoms with Crippen molar-refractivity contribution in [1.29, 1.82) is 0 Å². The van der Waals surface area contributed by atoms with Crippen LogP contribution in [-0.4, -0.2) is 35.9 Å². The van der Waals surface area contributed by atoms with Crippen molar-refractivity contribution in [3.8, 4) is 17.3 Å². The summed E-state index contributed by atoms with van der Waals surface area (Å²) in [6.45, 7) is 2.16. The van der Waals surface area contributed by atoms with Gasteiger partial charge in [0, 0.05) is 50.3 Å². The van der Waals surface area contributed by atoms with E-state index in [9.17, 15) is 4.79 Å². The normalized spacial score (nSPS) is 13.9. The standard InChI is InChI=1S/C22H20N6O/c29-22-17-15-27(14-16-6-5-12-28(16)20-8-2-4-11-24-20)13-9-18(17)25-21(26-22)19-7-1-3-10-23-19/h1-8,10-12H,9,13-15H2,(H,25,26,29). The molecule has 0 aliphatic carbocycles. The van der Waals surface area contributed by atoms with Crippen molar-refractivity contribution in [2.45, 2.75) is 19.5 Å². The molecule has 1 aliphatic heterocycles. The van der Waals surface area contributed by atoms with E-state index in [1.807, 2.05) is 48.7 Å². The number of hydrogen-bond acceptors (Lipinski definition) is 5. The molecule has 7 nitrogen and oxygen atoms in total. The number of nitrogens with one attached hydrogen (secondary N) is 1. The highest BCUT2D eigenvalue weighted by Crippen LogP contribution is 2.20. The maximum Gasteiger partial charge on any atom is 0.255 e. The fourth-order valence-electron chi connectivity index (χ4n) is 3.73. The molecule has 0 bridgehead atoms. The molecule has 0 spiro atoms. The van der Waals surface area contributed by atoms with Crippen molar-refractivity contribution in [3.05, 3.63) is 94.4 Å². The molecule has 0 fully saturated rings. The quantitative estimate of drug-likeness (QED) is 0.585. The van der Waals surface area contributed by atoms with Gasteiger partial charge in [-0.15, -0.1) is 0 Å². The van der Waals surface area contributed by atoms with Gasteiger partial charge in [0.1, 0.15) is 11.5 Å². The van der Waals surface area contributed by atoms with Crippen LogP contribution in [0.25, 0.3) is 17.3 Å². The lowest BCUT2D eigenvalue weighted by molar-refractivity contribution is 0.238. The molecule has 5 heterocycles. The van der Waals surface area contributed by atoms with Crippen LogP contribution in [0.3, 0.4) is 0 Å². The summed E-state index contributed by atoms with van der Waals surface area (Å²) in [6.07, 6.45) is 6.25. The Hall–Kier alpha value is -3.58. The maximum absolute atomic E-state index is 12.7. The van der Waals surface area contributed by atoms with Crippen LogP contribution in [-0.2, 0) is 19.5 Å². The van der Waals surface area contributed by atoms with Crippen molar-refractivity contribution < 1.29 is 0 Å². The molecule has 1 aliphatic rings. The molecular formula is C22H20N6O. The fourth-order valence-corrected chi connectivity index (χ4v) is 3.73. The predicted molar refractivity (Wildman–Crippen MR) is 109 cm³/mol. The Labute approximate surface area is 167 Å². The molecule has 29 heavy (non-hydrogen) atoms. The molecule has 1 N–H and O–H groups in total. The lowest BCUT2D eigenvalue weighted by Crippen LogP contribution is -2.35. The van der Waals surface area contributed by atoms with Crippen LogP contribution in [0.5, 0.6) is 0 Å². The molecule has 5 rings (SSSR count). The first-order valence-electron chi connectivity index (χ1n) is 9.61. The zero-order valence-corrected chi connectivity index (χ0v) is 15.8. The van der Waals surface area contributed by atoms with Gasteiger partial charge in [-0.05, 0) is 36.4 Å². The smallest absolute Gasteiger partial charge is 0.255 e. The second-order valence-corrected chi connectivity index (χ2v) is 7.07. The molecule has 0 atom stereocenters. The summed E-state index contributed by atoms with van der Waals surface area (Å²) in [7, 11) is 0. The second-order valence-electron chi connectivity index (χ2n) is 7.07. The summed E-state index contributed by atoms with van der Waals surface area (Å²) in [5.74, 6) is 1.43. The minimum absolute atomic E-state index is 0.0829. The third-order valence-corrected chi connectivity index (χ3v) is 5.17. The molecule has 4 aromatic heterocycles. The van der Waals surface area contributed by atoms with Crippen LogP contribution in [0.2, 0.25) is 0 Å². The Morgan fingerprint density at radius 3 is 2.66 bits per heavy atom. The molecule has 7 heteroatoms. The van der Waals surface area contributed by atoms with Gasteiger partial charge >= 0.3 is 0 Å². The van der Waals surface area contributed by atoms with E-state index in [0.29, 0.717) is 18.1 Å². The molecule has 0 aromatic carbocycles. The average molecular weight is 384 g/mol. The van der Waals surface area contributed by atoms with E-state index in [-0.39, 0.29) is 5.56 Å². The Morgan fingerprint density at radius 1 is 1.00 bits per heavy atom. The molecule has 144 valence electrons. The van der Waals surface area contributed by atoms with Gasteiger partial charge in [0.05, 0.1) is 11.3 Å². The first kappa shape index (κ1) is 17.5. The topological polar surface area (TPSA) is 79.7 Å². The first-order valence-corrected chi connectivity index (χ1v) is 9.61. The largest absolute Gasteiger partial charge is 0.305 e. The van der Waals surface area contributed by atoms with Gasteiger partial charge in [-0.25, -0.2) is 9.97 Å². The zero-order chi connectivity index (χ0) is 19.6. The SMILES string of the molecule is O=c1[nH]c(-c2ccccn2)nc2c1CN(Cc1cccn1-c1ccccn1)CC2. The molecule has 0 saturated carbocycles. The van der Waals surface area contributed by atoms with Gasteiger partial charge in [0.2, 0.25) is 0 Å². The number of H-pyrrole nitrogens is 1. The predicted octanol–water partition coefficient (Wildman–Crippen LogP) is 2.58. The van der Waals surface area contributed by atoms with E-state index in [2.05, 4.69) is 35.5 Å². The van der Waals surface area contributed by atoms with Crippen LogP contribution in [0.4, 0.5) is 0 Å². The number of hydrogen-bond donors (Lipinski definition) is 1. The Bertz CT molecular complexity index is 1180. The summed E-state index contributed by atoms with van der Waals surface area (Å²) in [6, 6.07) is 15.6. The lowest BCUT2D eigenvalue weighted by Gasteiger charge is -2.28. The summed E-state index contributed by atoms with van der Waals surface area (Å²) in [4.78, 5) is 31.3. The van der Waals surface area contributed by atoms with E-state index >= 15 is 0 Å². The number of fused-ring (bicyclic) bond motifs is 1. The average Bonchev–Trinajstić information content (AvgIpc) is 3.23. The van der Waals surface area contributed by atoms with E-state index < -0.39 is 0 Å². The van der Waals surface area contributed by atoms with Crippen LogP contribution in [0, 0.1) is 0 Å². The number of aromatic nitrogens is 5. The minimum atomic E-state index is -0.0829. The number of pyridine rings is 2. The number of aromatic amines is 1. The third-order valence-electron chi connectivity index (χ3n) is 5.17. The van der Waals surface area contributed by atoms with E-state index in [1.165, 1.54) is 0 Å². The highest BCUT2D eigenvalue weighted by Gasteiger charge is 2.22. The molecule has 0 amide bonds. The van der Waals surface area contributed by atoms with Crippen molar-refractivity contribution in [3.63, 3.8) is 0 Å². The van der Waals surface area contributed by atoms with E-state index in [4.69, 9.17) is 0 Å². The number of rotatable bonds is 4. The summed E-state index contributed by atoms with van der Waals surface area (Å²) < 4.78 is 2.09. The summed E-state index contributed by atoms with van der Waals surface area (Å²) >= 11 is 0. The van der Waals surface area contributed by atoms with Gasteiger partial charge in [-0.2, -0.15) is 0 Å². The van der Waals surface area contributed by atoms with E-state index in [1.54, 1.807) is 12.4 Å². The fraction of sp³-hybridized carbons (Fsp3) is 0.182. The second kappa shape index (κ2) is 7.44. The molecule has 0 saturated heterocycles. The van der Waals surface area contributed by atoms with E-state index in [0.717, 1.165) is 42.3 Å². The molecular weight excluding hydrogens is 364 g/mol. The monoisotopic (exact) mass is 384 g/mol. The Kier molecular flexibility index (Phi) is 4.50. The van der Waals surface area contributed by atoms with Gasteiger partial charge in [0.25, 0.3) is 5.56 Å². The van der Waals surface area contributed by atoms with Crippen LogP contribution < -0.4 is 5.56 Å².